The molecular formula is C24H15F6O2S+. The second-order valence-electron chi connectivity index (χ2n) is 7.15. The molecule has 1 aromatic heterocycles. The molecule has 0 saturated carbocycles. The fourth-order valence-corrected chi connectivity index (χ4v) is 5.97. The summed E-state index contributed by atoms with van der Waals surface area (Å²) in [6, 6.07) is 20.8. The number of rotatable bonds is 4. The summed E-state index contributed by atoms with van der Waals surface area (Å²) in [6.07, 6.45) is -12.3. The second-order valence-corrected chi connectivity index (χ2v) is 9.11. The average Bonchev–Trinajstić information content (AvgIpc) is 3.10. The summed E-state index contributed by atoms with van der Waals surface area (Å²) in [5.74, 6) is -1.76. The molecule has 0 aliphatic rings. The van der Waals surface area contributed by atoms with Crippen LogP contribution in [0.2, 0.25) is 0 Å². The van der Waals surface area contributed by atoms with Crippen molar-refractivity contribution in [1.82, 2.24) is 0 Å². The number of fused-ring (bicyclic) bond motifs is 3. The van der Waals surface area contributed by atoms with E-state index in [1.807, 2.05) is 48.5 Å². The molecule has 0 saturated heterocycles. The Hall–Kier alpha value is -3.33. The van der Waals surface area contributed by atoms with Crippen molar-refractivity contribution in [2.24, 2.45) is 0 Å². The molecule has 0 aliphatic carbocycles. The predicted molar refractivity (Wildman–Crippen MR) is 116 cm³/mol. The molecule has 0 radical (unpaired) electrons. The number of hydrogen-bond donors (Lipinski definition) is 0. The molecule has 33 heavy (non-hydrogen) atoms. The van der Waals surface area contributed by atoms with Crippen molar-refractivity contribution in [2.45, 2.75) is 18.0 Å². The Morgan fingerprint density at radius 2 is 1.21 bits per heavy atom. The van der Waals surface area contributed by atoms with Gasteiger partial charge in [0, 0.05) is 21.2 Å². The van der Waals surface area contributed by atoms with Gasteiger partial charge in [-0.2, -0.15) is 26.3 Å². The van der Waals surface area contributed by atoms with Crippen LogP contribution < -0.4 is 0 Å². The molecular weight excluding hydrogens is 466 g/mol. The van der Waals surface area contributed by atoms with Crippen LogP contribution >= 0.6 is 10.5 Å². The number of ether oxygens (including phenoxy) is 1. The average molecular weight is 481 g/mol. The van der Waals surface area contributed by atoms with E-state index < -0.39 is 46.0 Å². The van der Waals surface area contributed by atoms with E-state index >= 15 is 0 Å². The molecule has 2 nitrogen and oxygen atoms in total. The minimum Gasteiger partial charge on any atom is -0.431 e. The van der Waals surface area contributed by atoms with Gasteiger partial charge in [0.1, 0.15) is 0 Å². The molecule has 0 spiro atoms. The van der Waals surface area contributed by atoms with Gasteiger partial charge in [0.15, 0.2) is 14.3 Å². The lowest BCUT2D eigenvalue weighted by Gasteiger charge is -2.33. The topological polar surface area (TPSA) is 26.3 Å². The van der Waals surface area contributed by atoms with Gasteiger partial charge in [0.05, 0.1) is 5.56 Å². The number of benzene rings is 3. The molecule has 0 fully saturated rings. The maximum atomic E-state index is 13.2. The third kappa shape index (κ3) is 3.66. The van der Waals surface area contributed by atoms with Gasteiger partial charge in [0.2, 0.25) is 0 Å². The van der Waals surface area contributed by atoms with Crippen LogP contribution in [0.5, 0.6) is 0 Å². The van der Waals surface area contributed by atoms with Gasteiger partial charge >= 0.3 is 23.9 Å². The van der Waals surface area contributed by atoms with Crippen molar-refractivity contribution < 1.29 is 35.9 Å². The third-order valence-corrected chi connectivity index (χ3v) is 7.55. The summed E-state index contributed by atoms with van der Waals surface area (Å²) >= 11 is 0. The molecule has 9 heteroatoms. The Balaban J connectivity index is 1.74. The van der Waals surface area contributed by atoms with Crippen molar-refractivity contribution in [3.8, 4) is 4.90 Å². The predicted octanol–water partition coefficient (Wildman–Crippen LogP) is 7.94. The van der Waals surface area contributed by atoms with Crippen molar-refractivity contribution in [3.63, 3.8) is 0 Å². The molecule has 0 aliphatic heterocycles. The highest BCUT2D eigenvalue weighted by molar-refractivity contribution is 7.50. The van der Waals surface area contributed by atoms with Gasteiger partial charge < -0.3 is 4.74 Å². The van der Waals surface area contributed by atoms with Gasteiger partial charge in [0.25, 0.3) is 0 Å². The van der Waals surface area contributed by atoms with E-state index in [1.165, 1.54) is 12.1 Å². The summed E-state index contributed by atoms with van der Waals surface area (Å²) in [5, 5.41) is 2.09. The zero-order valence-electron chi connectivity index (χ0n) is 16.7. The van der Waals surface area contributed by atoms with Crippen molar-refractivity contribution in [1.29, 1.82) is 0 Å². The number of halogens is 6. The van der Waals surface area contributed by atoms with Gasteiger partial charge in [-0.25, -0.2) is 4.79 Å². The van der Waals surface area contributed by atoms with E-state index in [-0.39, 0.29) is 0 Å². The fourth-order valence-electron chi connectivity index (χ4n) is 3.59. The van der Waals surface area contributed by atoms with E-state index in [0.717, 1.165) is 37.2 Å². The number of hydrogen-bond acceptors (Lipinski definition) is 2. The molecule has 0 unspecified atom stereocenters. The molecule has 170 valence electrons. The van der Waals surface area contributed by atoms with E-state index in [4.69, 9.17) is 0 Å². The maximum absolute atomic E-state index is 13.2. The monoisotopic (exact) mass is 481 g/mol. The van der Waals surface area contributed by atoms with Crippen LogP contribution in [0.4, 0.5) is 26.3 Å². The van der Waals surface area contributed by atoms with Gasteiger partial charge in [-0.05, 0) is 54.6 Å². The number of carbonyl (C=O) groups excluding carboxylic acids is 1. The minimum atomic E-state index is -5.93. The smallest absolute Gasteiger partial charge is 0.431 e. The minimum absolute atomic E-state index is 0.442. The van der Waals surface area contributed by atoms with Crippen LogP contribution in [0.15, 0.2) is 85.5 Å². The first kappa shape index (κ1) is 22.8. The lowest BCUT2D eigenvalue weighted by molar-refractivity contribution is -0.345. The van der Waals surface area contributed by atoms with Crippen molar-refractivity contribution in [2.75, 3.05) is 0 Å². The van der Waals surface area contributed by atoms with Gasteiger partial charge in [-0.1, -0.05) is 30.8 Å². The van der Waals surface area contributed by atoms with Crippen LogP contribution in [-0.4, -0.2) is 23.9 Å². The summed E-state index contributed by atoms with van der Waals surface area (Å²) in [5.41, 5.74) is -5.25. The lowest BCUT2D eigenvalue weighted by atomic mass is 10.0. The second kappa shape index (κ2) is 7.91. The highest BCUT2D eigenvalue weighted by Gasteiger charge is 2.72. The zero-order valence-corrected chi connectivity index (χ0v) is 17.5. The SMILES string of the molecule is C=CC(OC(=O)c1ccc(-[s+]2c3ccccc3c3ccccc32)cc1)(C(F)(F)F)C(F)(F)F. The van der Waals surface area contributed by atoms with E-state index in [2.05, 4.69) is 11.3 Å². The number of esters is 1. The molecule has 1 heterocycles. The van der Waals surface area contributed by atoms with Crippen molar-refractivity contribution >= 4 is 36.6 Å². The largest absolute Gasteiger partial charge is 0.441 e. The molecule has 0 bridgehead atoms. The Morgan fingerprint density at radius 1 is 0.758 bits per heavy atom. The Morgan fingerprint density at radius 3 is 1.64 bits per heavy atom. The Kier molecular flexibility index (Phi) is 5.48. The molecule has 3 aromatic carbocycles. The fraction of sp³-hybridized carbons (Fsp3) is 0.125. The third-order valence-electron chi connectivity index (χ3n) is 5.21. The first-order valence-corrected chi connectivity index (χ1v) is 10.8. The molecule has 4 aromatic rings. The van der Waals surface area contributed by atoms with Gasteiger partial charge in [-0.15, -0.1) is 0 Å². The normalized spacial score (nSPS) is 12.8. The quantitative estimate of drug-likeness (QED) is 0.128. The summed E-state index contributed by atoms with van der Waals surface area (Å²) in [7, 11) is -0.539. The van der Waals surface area contributed by atoms with Crippen LogP contribution in [-0.2, 0) is 4.74 Å². The lowest BCUT2D eigenvalue weighted by Crippen LogP contribution is -2.58. The van der Waals surface area contributed by atoms with Crippen LogP contribution in [0.1, 0.15) is 10.4 Å². The summed E-state index contributed by atoms with van der Waals surface area (Å²) < 4.78 is 85.4. The summed E-state index contributed by atoms with van der Waals surface area (Å²) in [6.45, 7) is 2.61. The van der Waals surface area contributed by atoms with Crippen LogP contribution in [0.3, 0.4) is 0 Å². The maximum Gasteiger partial charge on any atom is 0.441 e. The molecule has 0 amide bonds. The zero-order chi connectivity index (χ0) is 24.0. The number of carbonyl (C=O) groups is 1. The van der Waals surface area contributed by atoms with E-state index in [1.54, 1.807) is 0 Å². The molecule has 4 rings (SSSR count). The standard InChI is InChI=1S/C24H15F6O2S/c1-2-22(23(25,26)27,24(28,29)30)32-21(31)15-11-13-16(14-12-15)33-19-9-5-3-7-17(19)18-8-4-6-10-20(18)33/h2-14H,1H2/q+1. The summed E-state index contributed by atoms with van der Waals surface area (Å²) in [4.78, 5) is 13.0. The Labute approximate surface area is 186 Å². The Bertz CT molecular complexity index is 1280. The highest BCUT2D eigenvalue weighted by atomic mass is 32.2. The van der Waals surface area contributed by atoms with Crippen molar-refractivity contribution in [3.05, 3.63) is 91.0 Å². The number of alkyl halides is 6. The van der Waals surface area contributed by atoms with Crippen LogP contribution in [0, 0.1) is 0 Å². The number of thiophene rings is 1. The first-order valence-electron chi connectivity index (χ1n) is 9.53. The molecule has 0 atom stereocenters. The van der Waals surface area contributed by atoms with E-state index in [9.17, 15) is 31.1 Å². The first-order chi connectivity index (χ1) is 15.5. The van der Waals surface area contributed by atoms with Gasteiger partial charge in [-0.3, -0.25) is 0 Å². The highest BCUT2D eigenvalue weighted by Crippen LogP contribution is 2.49. The van der Waals surface area contributed by atoms with E-state index in [0.29, 0.717) is 0 Å². The van der Waals surface area contributed by atoms with Crippen LogP contribution in [0.25, 0.3) is 25.1 Å². The molecule has 0 N–H and O–H groups in total.